The Bertz CT molecular complexity index is 943. The van der Waals surface area contributed by atoms with Crippen molar-refractivity contribution in [2.75, 3.05) is 44.2 Å². The Morgan fingerprint density at radius 2 is 1.71 bits per heavy atom. The SMILES string of the molecule is O=C1c2ccccc2S(=O)(=O)N1CCCCN1CCN(c2cnccn2)CC1. The first kappa shape index (κ1) is 18.8. The van der Waals surface area contributed by atoms with Gasteiger partial charge in [-0.15, -0.1) is 0 Å². The summed E-state index contributed by atoms with van der Waals surface area (Å²) in [5, 5.41) is 0. The highest BCUT2D eigenvalue weighted by molar-refractivity contribution is 7.90. The van der Waals surface area contributed by atoms with E-state index in [9.17, 15) is 13.2 Å². The van der Waals surface area contributed by atoms with Crippen molar-refractivity contribution >= 4 is 21.7 Å². The van der Waals surface area contributed by atoms with Crippen LogP contribution in [0.25, 0.3) is 0 Å². The predicted molar refractivity (Wildman–Crippen MR) is 105 cm³/mol. The molecule has 1 amide bonds. The number of amides is 1. The van der Waals surface area contributed by atoms with E-state index in [1.807, 2.05) is 0 Å². The predicted octanol–water partition coefficient (Wildman–Crippen LogP) is 1.22. The van der Waals surface area contributed by atoms with Gasteiger partial charge in [-0.3, -0.25) is 14.7 Å². The van der Waals surface area contributed by atoms with Gasteiger partial charge in [0.2, 0.25) is 0 Å². The summed E-state index contributed by atoms with van der Waals surface area (Å²) < 4.78 is 26.1. The van der Waals surface area contributed by atoms with Gasteiger partial charge in [0.05, 0.1) is 11.8 Å². The highest BCUT2D eigenvalue weighted by Crippen LogP contribution is 2.30. The summed E-state index contributed by atoms with van der Waals surface area (Å²) in [5.74, 6) is 0.493. The smallest absolute Gasteiger partial charge is 0.269 e. The zero-order valence-electron chi connectivity index (χ0n) is 15.6. The van der Waals surface area contributed by atoms with E-state index >= 15 is 0 Å². The monoisotopic (exact) mass is 401 g/mol. The van der Waals surface area contributed by atoms with E-state index in [-0.39, 0.29) is 17.0 Å². The lowest BCUT2D eigenvalue weighted by atomic mass is 10.2. The average molecular weight is 401 g/mol. The molecular formula is C19H23N5O3S. The zero-order chi connectivity index (χ0) is 19.6. The standard InChI is InChI=1S/C19H23N5O3S/c25-19-16-5-1-2-6-17(16)28(26,27)24(19)10-4-3-9-22-11-13-23(14-12-22)18-15-20-7-8-21-18/h1-2,5-8,15H,3-4,9-14H2. The average Bonchev–Trinajstić information content (AvgIpc) is 2.93. The molecule has 1 fully saturated rings. The number of rotatable bonds is 6. The number of aromatic nitrogens is 2. The maximum atomic E-state index is 12.5. The van der Waals surface area contributed by atoms with Gasteiger partial charge in [0.15, 0.2) is 0 Å². The third-order valence-electron chi connectivity index (χ3n) is 5.24. The first-order valence-corrected chi connectivity index (χ1v) is 10.9. The molecule has 2 aliphatic heterocycles. The molecule has 1 saturated heterocycles. The van der Waals surface area contributed by atoms with Crippen molar-refractivity contribution in [1.29, 1.82) is 0 Å². The number of hydrogen-bond donors (Lipinski definition) is 0. The molecule has 4 rings (SSSR count). The Hall–Kier alpha value is -2.52. The molecule has 0 aliphatic carbocycles. The van der Waals surface area contributed by atoms with Crippen LogP contribution in [-0.2, 0) is 10.0 Å². The molecule has 0 unspecified atom stereocenters. The fourth-order valence-corrected chi connectivity index (χ4v) is 5.31. The molecule has 9 heteroatoms. The van der Waals surface area contributed by atoms with E-state index in [1.54, 1.807) is 36.8 Å². The number of piperazine rings is 1. The van der Waals surface area contributed by atoms with Crippen LogP contribution in [0.4, 0.5) is 5.82 Å². The number of nitrogens with zero attached hydrogens (tertiary/aromatic N) is 5. The molecule has 0 N–H and O–H groups in total. The molecule has 8 nitrogen and oxygen atoms in total. The fraction of sp³-hybridized carbons (Fsp3) is 0.421. The summed E-state index contributed by atoms with van der Waals surface area (Å²) in [7, 11) is -3.69. The molecule has 0 bridgehead atoms. The number of sulfonamides is 1. The van der Waals surface area contributed by atoms with E-state index in [4.69, 9.17) is 0 Å². The third-order valence-corrected chi connectivity index (χ3v) is 7.08. The van der Waals surface area contributed by atoms with Crippen molar-refractivity contribution in [3.05, 3.63) is 48.4 Å². The molecule has 28 heavy (non-hydrogen) atoms. The summed E-state index contributed by atoms with van der Waals surface area (Å²) in [4.78, 5) is 25.6. The first-order chi connectivity index (χ1) is 13.6. The Kier molecular flexibility index (Phi) is 5.27. The van der Waals surface area contributed by atoms with E-state index in [2.05, 4.69) is 19.8 Å². The molecule has 1 aromatic heterocycles. The molecule has 0 radical (unpaired) electrons. The van der Waals surface area contributed by atoms with Crippen LogP contribution in [0.15, 0.2) is 47.8 Å². The summed E-state index contributed by atoms with van der Waals surface area (Å²) in [6.45, 7) is 4.78. The van der Waals surface area contributed by atoms with Gasteiger partial charge in [0.25, 0.3) is 15.9 Å². The molecular weight excluding hydrogens is 378 g/mol. The molecule has 0 saturated carbocycles. The lowest BCUT2D eigenvalue weighted by Gasteiger charge is -2.35. The second-order valence-electron chi connectivity index (χ2n) is 6.98. The third kappa shape index (κ3) is 3.59. The number of benzene rings is 1. The summed E-state index contributed by atoms with van der Waals surface area (Å²) in [5.41, 5.74) is 0.280. The molecule has 0 atom stereocenters. The van der Waals surface area contributed by atoms with Crippen LogP contribution in [0.2, 0.25) is 0 Å². The van der Waals surface area contributed by atoms with Crippen LogP contribution < -0.4 is 4.90 Å². The van der Waals surface area contributed by atoms with Crippen LogP contribution >= 0.6 is 0 Å². The van der Waals surface area contributed by atoms with Gasteiger partial charge in [0.1, 0.15) is 10.7 Å². The highest BCUT2D eigenvalue weighted by atomic mass is 32.2. The van der Waals surface area contributed by atoms with Crippen molar-refractivity contribution in [1.82, 2.24) is 19.2 Å². The topological polar surface area (TPSA) is 86.7 Å². The Balaban J connectivity index is 1.24. The number of unbranched alkanes of at least 4 members (excludes halogenated alkanes) is 1. The fourth-order valence-electron chi connectivity index (χ4n) is 3.70. The normalized spacial score (nSPS) is 19.1. The van der Waals surface area contributed by atoms with Crippen molar-refractivity contribution in [3.63, 3.8) is 0 Å². The Morgan fingerprint density at radius 3 is 2.43 bits per heavy atom. The van der Waals surface area contributed by atoms with Crippen LogP contribution in [0.5, 0.6) is 0 Å². The minimum Gasteiger partial charge on any atom is -0.353 e. The van der Waals surface area contributed by atoms with Gasteiger partial charge in [-0.25, -0.2) is 17.7 Å². The maximum absolute atomic E-state index is 12.5. The zero-order valence-corrected chi connectivity index (χ0v) is 16.4. The number of anilines is 1. The van der Waals surface area contributed by atoms with Gasteiger partial charge in [0, 0.05) is 45.1 Å². The molecule has 3 heterocycles. The summed E-state index contributed by atoms with van der Waals surface area (Å²) >= 11 is 0. The van der Waals surface area contributed by atoms with Crippen LogP contribution in [-0.4, -0.2) is 72.8 Å². The number of carbonyl (C=O) groups is 1. The minimum atomic E-state index is -3.69. The van der Waals surface area contributed by atoms with E-state index in [1.165, 1.54) is 6.07 Å². The largest absolute Gasteiger partial charge is 0.353 e. The van der Waals surface area contributed by atoms with Crippen molar-refractivity contribution < 1.29 is 13.2 Å². The lowest BCUT2D eigenvalue weighted by molar-refractivity contribution is 0.0868. The molecule has 0 spiro atoms. The Labute approximate surface area is 164 Å². The highest BCUT2D eigenvalue weighted by Gasteiger charge is 2.40. The number of hydrogen-bond acceptors (Lipinski definition) is 7. The van der Waals surface area contributed by atoms with Crippen LogP contribution in [0, 0.1) is 0 Å². The Morgan fingerprint density at radius 1 is 0.964 bits per heavy atom. The van der Waals surface area contributed by atoms with Crippen molar-refractivity contribution in [3.8, 4) is 0 Å². The minimum absolute atomic E-state index is 0.125. The molecule has 2 aliphatic rings. The quantitative estimate of drug-likeness (QED) is 0.673. The second-order valence-corrected chi connectivity index (χ2v) is 8.81. The molecule has 1 aromatic carbocycles. The van der Waals surface area contributed by atoms with E-state index in [0.29, 0.717) is 6.42 Å². The summed E-state index contributed by atoms with van der Waals surface area (Å²) in [6.07, 6.45) is 6.66. The van der Waals surface area contributed by atoms with Gasteiger partial charge >= 0.3 is 0 Å². The van der Waals surface area contributed by atoms with E-state index in [0.717, 1.165) is 49.3 Å². The van der Waals surface area contributed by atoms with Crippen molar-refractivity contribution in [2.24, 2.45) is 0 Å². The van der Waals surface area contributed by atoms with Gasteiger partial charge in [-0.1, -0.05) is 12.1 Å². The molecule has 2 aromatic rings. The number of fused-ring (bicyclic) bond motifs is 1. The number of carbonyl (C=O) groups excluding carboxylic acids is 1. The van der Waals surface area contributed by atoms with Crippen molar-refractivity contribution in [2.45, 2.75) is 17.7 Å². The summed E-state index contributed by atoms with van der Waals surface area (Å²) in [6, 6.07) is 6.41. The molecule has 148 valence electrons. The van der Waals surface area contributed by atoms with Gasteiger partial charge in [-0.05, 0) is 31.5 Å². The lowest BCUT2D eigenvalue weighted by Crippen LogP contribution is -2.47. The van der Waals surface area contributed by atoms with Crippen LogP contribution in [0.3, 0.4) is 0 Å². The van der Waals surface area contributed by atoms with E-state index < -0.39 is 15.9 Å². The van der Waals surface area contributed by atoms with Crippen LogP contribution in [0.1, 0.15) is 23.2 Å². The maximum Gasteiger partial charge on any atom is 0.269 e. The van der Waals surface area contributed by atoms with Gasteiger partial charge < -0.3 is 4.90 Å². The second kappa shape index (κ2) is 7.84. The van der Waals surface area contributed by atoms with Gasteiger partial charge in [-0.2, -0.15) is 0 Å². The first-order valence-electron chi connectivity index (χ1n) is 9.47.